The van der Waals surface area contributed by atoms with Crippen molar-refractivity contribution >= 4 is 60.1 Å². The zero-order valence-electron chi connectivity index (χ0n) is 19.1. The zero-order valence-corrected chi connectivity index (χ0v) is 22.9. The Hall–Kier alpha value is -2.39. The molecule has 0 radical (unpaired) electrons. The van der Waals surface area contributed by atoms with Gasteiger partial charge in [0.05, 0.1) is 10.1 Å². The highest BCUT2D eigenvalue weighted by Gasteiger charge is 2.28. The number of ether oxygens (including phenoxy) is 1. The molecule has 0 N–H and O–H groups in total. The van der Waals surface area contributed by atoms with E-state index in [1.807, 2.05) is 12.1 Å². The third-order valence-electron chi connectivity index (χ3n) is 5.99. The summed E-state index contributed by atoms with van der Waals surface area (Å²) in [5.41, 5.74) is 2.20. The van der Waals surface area contributed by atoms with E-state index in [0.29, 0.717) is 28.6 Å². The molecule has 0 amide bonds. The molecule has 5 rings (SSSR count). The van der Waals surface area contributed by atoms with E-state index in [0.717, 1.165) is 52.5 Å². The maximum absolute atomic E-state index is 11.6. The number of alkyl halides is 1. The maximum Gasteiger partial charge on any atom is 0.324 e. The second kappa shape index (κ2) is 9.93. The molecule has 4 aromatic heterocycles. The van der Waals surface area contributed by atoms with Gasteiger partial charge in [0.2, 0.25) is 0 Å². The summed E-state index contributed by atoms with van der Waals surface area (Å²) < 4.78 is 35.6. The highest BCUT2D eigenvalue weighted by Crippen LogP contribution is 2.32. The monoisotopic (exact) mass is 626 g/mol. The molecule has 10 nitrogen and oxygen atoms in total. The first kappa shape index (κ1) is 24.3. The molecule has 35 heavy (non-hydrogen) atoms. The Morgan fingerprint density at radius 1 is 1.20 bits per heavy atom. The minimum Gasteiger partial charge on any atom is -0.467 e. The van der Waals surface area contributed by atoms with Gasteiger partial charge in [-0.25, -0.2) is 23.4 Å². The number of aromatic nitrogens is 5. The van der Waals surface area contributed by atoms with Gasteiger partial charge in [-0.2, -0.15) is 4.98 Å². The Balaban J connectivity index is 1.23. The Kier molecular flexibility index (Phi) is 6.90. The SMILES string of the molecule is C[C@H](Oc1nc2ccc(-c3ccc(S(C)(=O)=O)nc3)nc2s1)C1CCN(c2nc(CI)no2)CC1. The average Bonchev–Trinajstić information content (AvgIpc) is 3.50. The second-order valence-corrected chi connectivity index (χ2v) is 12.1. The first-order chi connectivity index (χ1) is 16.8. The van der Waals surface area contributed by atoms with Crippen LogP contribution in [0.5, 0.6) is 5.19 Å². The summed E-state index contributed by atoms with van der Waals surface area (Å²) in [5.74, 6) is 1.11. The Bertz CT molecular complexity index is 1430. The molecule has 1 atom stereocenters. The topological polar surface area (TPSA) is 124 Å². The fraction of sp³-hybridized carbons (Fsp3) is 0.409. The van der Waals surface area contributed by atoms with Crippen molar-refractivity contribution < 1.29 is 17.7 Å². The second-order valence-electron chi connectivity index (χ2n) is 8.43. The molecule has 0 saturated carbocycles. The smallest absolute Gasteiger partial charge is 0.324 e. The lowest BCUT2D eigenvalue weighted by molar-refractivity contribution is 0.131. The van der Waals surface area contributed by atoms with E-state index in [1.165, 1.54) is 23.6 Å². The molecule has 13 heteroatoms. The fourth-order valence-corrected chi connectivity index (χ4v) is 5.74. The predicted octanol–water partition coefficient (Wildman–Crippen LogP) is 4.16. The van der Waals surface area contributed by atoms with Crippen LogP contribution >= 0.6 is 33.9 Å². The van der Waals surface area contributed by atoms with Crippen LogP contribution in [0.25, 0.3) is 21.6 Å². The first-order valence-electron chi connectivity index (χ1n) is 11.0. The largest absolute Gasteiger partial charge is 0.467 e. The van der Waals surface area contributed by atoms with Crippen LogP contribution in [-0.2, 0) is 14.3 Å². The van der Waals surface area contributed by atoms with Crippen LogP contribution in [0.4, 0.5) is 6.01 Å². The summed E-state index contributed by atoms with van der Waals surface area (Å²) in [7, 11) is -3.34. The van der Waals surface area contributed by atoms with E-state index in [9.17, 15) is 8.42 Å². The number of nitrogens with zero attached hydrogens (tertiary/aromatic N) is 6. The van der Waals surface area contributed by atoms with E-state index < -0.39 is 9.84 Å². The van der Waals surface area contributed by atoms with E-state index in [-0.39, 0.29) is 11.1 Å². The molecule has 0 aromatic carbocycles. The normalized spacial score (nSPS) is 16.0. The van der Waals surface area contributed by atoms with Gasteiger partial charge in [-0.1, -0.05) is 39.1 Å². The van der Waals surface area contributed by atoms with Crippen molar-refractivity contribution in [3.8, 4) is 16.5 Å². The number of thiazole rings is 1. The summed E-state index contributed by atoms with van der Waals surface area (Å²) in [6, 6.07) is 7.54. The Morgan fingerprint density at radius 2 is 2.00 bits per heavy atom. The predicted molar refractivity (Wildman–Crippen MR) is 141 cm³/mol. The van der Waals surface area contributed by atoms with E-state index in [1.54, 1.807) is 6.07 Å². The van der Waals surface area contributed by atoms with Crippen LogP contribution < -0.4 is 9.64 Å². The van der Waals surface area contributed by atoms with Crippen molar-refractivity contribution in [2.24, 2.45) is 5.92 Å². The number of anilines is 1. The summed E-state index contributed by atoms with van der Waals surface area (Å²) >= 11 is 3.62. The average molecular weight is 627 g/mol. The number of rotatable bonds is 7. The fourth-order valence-electron chi connectivity index (χ4n) is 4.00. The molecule has 1 aliphatic heterocycles. The molecule has 0 aliphatic carbocycles. The molecular formula is C22H23IN6O4S2. The van der Waals surface area contributed by atoms with Crippen LogP contribution in [0.1, 0.15) is 25.6 Å². The molecule has 5 heterocycles. The van der Waals surface area contributed by atoms with Gasteiger partial charge >= 0.3 is 6.01 Å². The van der Waals surface area contributed by atoms with Crippen LogP contribution in [0.15, 0.2) is 40.0 Å². The molecule has 184 valence electrons. The van der Waals surface area contributed by atoms with Gasteiger partial charge in [-0.05, 0) is 49.9 Å². The van der Waals surface area contributed by atoms with Crippen molar-refractivity contribution in [3.63, 3.8) is 0 Å². The number of piperidine rings is 1. The van der Waals surface area contributed by atoms with Crippen LogP contribution in [0.3, 0.4) is 0 Å². The van der Waals surface area contributed by atoms with Crippen molar-refractivity contribution in [2.45, 2.75) is 35.3 Å². The maximum atomic E-state index is 11.6. The molecule has 4 aromatic rings. The van der Waals surface area contributed by atoms with Crippen molar-refractivity contribution in [1.82, 2.24) is 25.1 Å². The minimum absolute atomic E-state index is 0.0116. The summed E-state index contributed by atoms with van der Waals surface area (Å²) in [4.78, 5) is 20.6. The van der Waals surface area contributed by atoms with Crippen LogP contribution in [0.2, 0.25) is 0 Å². The number of sulfone groups is 1. The highest BCUT2D eigenvalue weighted by atomic mass is 127. The van der Waals surface area contributed by atoms with Gasteiger partial charge in [0.25, 0.3) is 5.19 Å². The van der Waals surface area contributed by atoms with Gasteiger partial charge in [0.1, 0.15) is 16.5 Å². The van der Waals surface area contributed by atoms with Crippen molar-refractivity contribution in [3.05, 3.63) is 36.3 Å². The van der Waals surface area contributed by atoms with Gasteiger partial charge in [-0.15, -0.1) is 0 Å². The van der Waals surface area contributed by atoms with E-state index >= 15 is 0 Å². The van der Waals surface area contributed by atoms with Crippen LogP contribution in [-0.4, -0.2) is 59.0 Å². The van der Waals surface area contributed by atoms with Gasteiger partial charge in [-0.3, -0.25) is 0 Å². The third-order valence-corrected chi connectivity index (χ3v) is 8.52. The molecule has 1 fully saturated rings. The number of hydrogen-bond donors (Lipinski definition) is 0. The zero-order chi connectivity index (χ0) is 24.6. The Morgan fingerprint density at radius 3 is 2.66 bits per heavy atom. The third kappa shape index (κ3) is 5.40. The summed E-state index contributed by atoms with van der Waals surface area (Å²) in [5, 5.41) is 4.61. The molecular weight excluding hydrogens is 603 g/mol. The molecule has 0 unspecified atom stereocenters. The lowest BCUT2D eigenvalue weighted by atomic mass is 9.92. The Labute approximate surface area is 220 Å². The van der Waals surface area contributed by atoms with Crippen molar-refractivity contribution in [1.29, 1.82) is 0 Å². The number of fused-ring (bicyclic) bond motifs is 1. The minimum atomic E-state index is -3.34. The van der Waals surface area contributed by atoms with Gasteiger partial charge in [0, 0.05) is 31.1 Å². The van der Waals surface area contributed by atoms with Gasteiger partial charge in [0.15, 0.2) is 20.7 Å². The molecule has 1 aliphatic rings. The number of pyridine rings is 2. The van der Waals surface area contributed by atoms with Gasteiger partial charge < -0.3 is 14.2 Å². The first-order valence-corrected chi connectivity index (χ1v) is 15.3. The lowest BCUT2D eigenvalue weighted by Crippen LogP contribution is -2.38. The van der Waals surface area contributed by atoms with E-state index in [2.05, 4.69) is 59.5 Å². The number of hydrogen-bond acceptors (Lipinski definition) is 11. The summed E-state index contributed by atoms with van der Waals surface area (Å²) in [6.07, 6.45) is 4.60. The molecule has 1 saturated heterocycles. The lowest BCUT2D eigenvalue weighted by Gasteiger charge is -2.33. The standard InChI is InChI=1S/C22H23IN6O4S2/c1-13(14-7-9-29(10-8-14)21-27-18(11-23)28-33-21)32-22-26-17-5-4-16(25-20(17)34-22)15-3-6-19(24-12-15)35(2,30)31/h3-6,12-14H,7-11H2,1-2H3/t13-/m0/s1. The molecule has 0 bridgehead atoms. The quantitative estimate of drug-likeness (QED) is 0.218. The highest BCUT2D eigenvalue weighted by molar-refractivity contribution is 14.1. The number of halogens is 1. The van der Waals surface area contributed by atoms with Crippen molar-refractivity contribution in [2.75, 3.05) is 24.2 Å². The molecule has 0 spiro atoms. The summed E-state index contributed by atoms with van der Waals surface area (Å²) in [6.45, 7) is 3.78. The van der Waals surface area contributed by atoms with Crippen LogP contribution in [0, 0.1) is 5.92 Å². The van der Waals surface area contributed by atoms with E-state index in [4.69, 9.17) is 9.26 Å².